The quantitative estimate of drug-likeness (QED) is 0.143. The maximum Gasteiger partial charge on any atom is 0.339 e. The number of rotatable bonds is 9. The molecule has 1 aromatic carbocycles. The third-order valence-corrected chi connectivity index (χ3v) is 21.5. The minimum Gasteiger partial charge on any atom is -0.469 e. The Morgan fingerprint density at radius 1 is 0.986 bits per heavy atom. The number of benzene rings is 1. The lowest BCUT2D eigenvalue weighted by atomic mass is 9.31. The molecule has 368 valence electrons. The summed E-state index contributed by atoms with van der Waals surface area (Å²) >= 11 is 0. The van der Waals surface area contributed by atoms with Crippen LogP contribution in [0.1, 0.15) is 128 Å². The summed E-state index contributed by atoms with van der Waals surface area (Å²) in [7, 11) is 0. The number of nitrogens with one attached hydrogen (secondary N) is 1. The average molecular weight is 941 g/mol. The number of epoxide rings is 1. The lowest BCUT2D eigenvalue weighted by molar-refractivity contribution is -0.295. The molecule has 6 aliphatic heterocycles. The number of hydrogen-bond donors (Lipinski definition) is 2. The second kappa shape index (κ2) is 15.8. The zero-order valence-electron chi connectivity index (χ0n) is 41.1. The van der Waals surface area contributed by atoms with Gasteiger partial charge in [-0.1, -0.05) is 75.4 Å². The average Bonchev–Trinajstić information content (AvgIpc) is 3.58. The fraction of sp³-hybridized carbons (Fsp3) is 0.707. The zero-order valence-corrected chi connectivity index (χ0v) is 41.1. The molecule has 2 aromatic rings. The number of allylic oxidation sites excluding steroid dienone is 1. The number of aryl methyl sites for hydroxylation is 1. The van der Waals surface area contributed by atoms with E-state index in [4.69, 9.17) is 23.4 Å². The monoisotopic (exact) mass is 941 g/mol. The Morgan fingerprint density at radius 3 is 2.67 bits per heavy atom. The molecule has 0 amide bonds. The summed E-state index contributed by atoms with van der Waals surface area (Å²) in [6.07, 6.45) is 15.0. The van der Waals surface area contributed by atoms with Gasteiger partial charge >= 0.3 is 11.9 Å². The highest BCUT2D eigenvalue weighted by Gasteiger charge is 2.95. The van der Waals surface area contributed by atoms with Gasteiger partial charge in [-0.25, -0.2) is 4.79 Å². The smallest absolute Gasteiger partial charge is 0.339 e. The summed E-state index contributed by atoms with van der Waals surface area (Å²) in [6.45, 7) is 10.7. The van der Waals surface area contributed by atoms with Crippen LogP contribution in [0.15, 0.2) is 59.4 Å². The fourth-order valence-corrected chi connectivity index (χ4v) is 18.7. The van der Waals surface area contributed by atoms with Crippen molar-refractivity contribution in [3.63, 3.8) is 0 Å². The van der Waals surface area contributed by atoms with Gasteiger partial charge in [-0.15, -0.1) is 0 Å². The Hall–Kier alpha value is -3.95. The van der Waals surface area contributed by atoms with Crippen LogP contribution in [0, 0.1) is 81.3 Å². The summed E-state index contributed by atoms with van der Waals surface area (Å²) in [5, 5.41) is 17.5. The van der Waals surface area contributed by atoms with Gasteiger partial charge in [0.1, 0.15) is 24.1 Å². The zero-order chi connectivity index (χ0) is 47.3. The molecule has 5 aliphatic carbocycles. The number of carbonyl (C=O) groups is 3. The number of furan rings is 1. The van der Waals surface area contributed by atoms with E-state index in [9.17, 15) is 9.90 Å². The molecule has 2 N–H and O–H groups in total. The van der Waals surface area contributed by atoms with E-state index in [0.29, 0.717) is 61.8 Å². The summed E-state index contributed by atoms with van der Waals surface area (Å²) in [4.78, 5) is 47.5. The first-order valence-electron chi connectivity index (χ1n) is 27.0. The predicted molar refractivity (Wildman–Crippen MR) is 254 cm³/mol. The number of cyclic esters (lactones) is 1. The molecule has 11 nitrogen and oxygen atoms in total. The second-order valence-corrected chi connectivity index (χ2v) is 24.8. The molecule has 11 heteroatoms. The minimum absolute atomic E-state index is 0.0348. The van der Waals surface area contributed by atoms with Crippen LogP contribution in [0.3, 0.4) is 0 Å². The molecular weight excluding hydrogens is 869 g/mol. The van der Waals surface area contributed by atoms with Crippen LogP contribution < -0.4 is 5.32 Å². The first kappa shape index (κ1) is 45.0. The molecule has 18 atom stereocenters. The maximum atomic E-state index is 16.2. The Bertz CT molecular complexity index is 2510. The highest BCUT2D eigenvalue weighted by molar-refractivity contribution is 5.92. The number of Topliss-reactive ketones (excluding diaryl/α,β-unsaturated/α-hetero) is 1. The lowest BCUT2D eigenvalue weighted by Gasteiger charge is -2.71. The molecule has 3 spiro atoms. The molecule has 0 radical (unpaired) electrons. The van der Waals surface area contributed by atoms with Crippen LogP contribution in [0.4, 0.5) is 0 Å². The third kappa shape index (κ3) is 5.98. The number of aliphatic hydroxyl groups is 1. The molecule has 5 saturated heterocycles. The van der Waals surface area contributed by atoms with E-state index >= 15 is 9.59 Å². The van der Waals surface area contributed by atoms with Crippen LogP contribution in [-0.4, -0.2) is 83.1 Å². The third-order valence-electron chi connectivity index (χ3n) is 21.5. The van der Waals surface area contributed by atoms with E-state index in [0.717, 1.165) is 63.1 Å². The SMILES string of the molecule is CC(C)CC[C@]1(C)O[C@H]2CC(=O)OC[C@]23[C@H]2CC[C@]4(C)[C@]56O[C@@H]5C(=O)O[C@]4(c4ccoc4CC[C@@H]4CC[C@H]5[C@H](C=CN7CNC[C@@H]57)C4)CC#C[C@@H]4CC[C@H](Cc5ccccc5)C[C@@H]4[C@@]26[C@H](O)C(=O)[C@@H]31. The van der Waals surface area contributed by atoms with E-state index in [1.54, 1.807) is 6.26 Å². The normalized spacial score (nSPS) is 47.6. The number of aliphatic hydroxyl groups excluding tert-OH is 1. The lowest BCUT2D eigenvalue weighted by Crippen LogP contribution is -2.81. The van der Waals surface area contributed by atoms with Gasteiger partial charge < -0.3 is 33.4 Å². The van der Waals surface area contributed by atoms with Crippen molar-refractivity contribution < 1.29 is 42.9 Å². The molecule has 4 bridgehead atoms. The Morgan fingerprint density at radius 2 is 1.83 bits per heavy atom. The van der Waals surface area contributed by atoms with Crippen molar-refractivity contribution >= 4 is 17.7 Å². The largest absolute Gasteiger partial charge is 0.469 e. The molecule has 13 rings (SSSR count). The number of hydrogen-bond acceptors (Lipinski definition) is 11. The van der Waals surface area contributed by atoms with Crippen LogP contribution >= 0.6 is 0 Å². The van der Waals surface area contributed by atoms with Crippen molar-refractivity contribution in [1.82, 2.24) is 10.2 Å². The summed E-state index contributed by atoms with van der Waals surface area (Å²) in [5.74, 6) is 8.17. The standard InChI is InChI=1S/C58H72N2O9/c1-34(2)18-23-53(3)49-48(62)50(63)57-42-29-37(27-35-9-6-5-7-10-35)12-15-38(42)11-8-22-56(41-21-26-65-44(41)17-14-36-13-16-40-39(28-36)20-25-60-33-59-31-43(40)60)54(4,58(57)51(68-58)52(64)69-56)24-19-45(57)55(49)32-66-47(61)30-46(55)67-53/h5-7,9-10,20-21,25-26,34,36-40,42-43,45-46,49-51,59,63H,12-19,22-24,27-33H2,1-4H3/t36-,37+,38+,39+,40-,42-,43-,45+,46-,49+,50+,51+,53-,54-,55-,56-,57-,58+/m0/s1. The number of carbonyl (C=O) groups excluding carboxylic acids is 3. The van der Waals surface area contributed by atoms with Crippen molar-refractivity contribution in [2.24, 2.45) is 69.5 Å². The van der Waals surface area contributed by atoms with Gasteiger partial charge in [-0.05, 0) is 137 Å². The first-order valence-corrected chi connectivity index (χ1v) is 27.0. The Kier molecular flexibility index (Phi) is 10.3. The van der Waals surface area contributed by atoms with E-state index in [1.165, 1.54) is 18.4 Å². The summed E-state index contributed by atoms with van der Waals surface area (Å²) in [5.41, 5.74) is -4.55. The first-order chi connectivity index (χ1) is 33.3. The summed E-state index contributed by atoms with van der Waals surface area (Å²) < 4.78 is 34.4. The Labute approximate surface area is 407 Å². The van der Waals surface area contributed by atoms with Crippen molar-refractivity contribution in [3.05, 3.63) is 71.8 Å². The number of ketones is 1. The van der Waals surface area contributed by atoms with Crippen LogP contribution in [0.2, 0.25) is 0 Å². The number of esters is 2. The number of nitrogens with zero attached hydrogens (tertiary/aromatic N) is 1. The van der Waals surface area contributed by atoms with Crippen molar-refractivity contribution in [3.8, 4) is 11.8 Å². The molecule has 4 saturated carbocycles. The van der Waals surface area contributed by atoms with Crippen LogP contribution in [0.25, 0.3) is 0 Å². The summed E-state index contributed by atoms with van der Waals surface area (Å²) in [6, 6.07) is 13.2. The van der Waals surface area contributed by atoms with Gasteiger partial charge in [-0.3, -0.25) is 14.9 Å². The van der Waals surface area contributed by atoms with E-state index in [1.807, 2.05) is 13.0 Å². The maximum absolute atomic E-state index is 16.2. The van der Waals surface area contributed by atoms with Crippen molar-refractivity contribution in [2.75, 3.05) is 19.8 Å². The minimum atomic E-state index is -1.48. The van der Waals surface area contributed by atoms with Gasteiger partial charge in [0, 0.05) is 46.7 Å². The molecule has 11 aliphatic rings. The van der Waals surface area contributed by atoms with Gasteiger partial charge in [0.05, 0.1) is 43.4 Å². The van der Waals surface area contributed by atoms with Crippen molar-refractivity contribution in [1.29, 1.82) is 0 Å². The topological polar surface area (TPSA) is 140 Å². The van der Waals surface area contributed by atoms with E-state index in [2.05, 4.69) is 85.4 Å². The fourth-order valence-electron chi connectivity index (χ4n) is 18.7. The molecule has 1 aromatic heterocycles. The molecule has 0 unspecified atom stereocenters. The highest BCUT2D eigenvalue weighted by Crippen LogP contribution is 2.84. The van der Waals surface area contributed by atoms with E-state index in [-0.39, 0.29) is 54.9 Å². The number of ether oxygens (including phenoxy) is 4. The Balaban J connectivity index is 0.940. The van der Waals surface area contributed by atoms with Gasteiger partial charge in [0.25, 0.3) is 0 Å². The van der Waals surface area contributed by atoms with Crippen LogP contribution in [0.5, 0.6) is 0 Å². The molecular formula is C58H72N2O9. The molecule has 9 fully saturated rings. The van der Waals surface area contributed by atoms with Gasteiger partial charge in [0.15, 0.2) is 17.5 Å². The van der Waals surface area contributed by atoms with E-state index < -0.39 is 63.2 Å². The molecule has 7 heterocycles. The second-order valence-electron chi connectivity index (χ2n) is 24.8. The number of fused-ring (bicyclic) bond motifs is 4. The highest BCUT2D eigenvalue weighted by atomic mass is 16.7. The van der Waals surface area contributed by atoms with Crippen molar-refractivity contribution in [2.45, 2.75) is 165 Å². The molecule has 69 heavy (non-hydrogen) atoms. The van der Waals surface area contributed by atoms with Gasteiger partial charge in [-0.2, -0.15) is 0 Å². The van der Waals surface area contributed by atoms with Crippen LogP contribution in [-0.2, 0) is 51.8 Å². The predicted octanol–water partition coefficient (Wildman–Crippen LogP) is 8.06. The van der Waals surface area contributed by atoms with Gasteiger partial charge in [0.2, 0.25) is 0 Å².